The maximum Gasteiger partial charge on any atom is 0.135 e. The number of nitrogens with zero attached hydrogens (tertiary/aromatic N) is 2. The third-order valence-electron chi connectivity index (χ3n) is 2.56. The molecule has 0 saturated heterocycles. The van der Waals surface area contributed by atoms with Crippen molar-refractivity contribution in [2.24, 2.45) is 0 Å². The van der Waals surface area contributed by atoms with E-state index in [-0.39, 0.29) is 5.57 Å². The van der Waals surface area contributed by atoms with E-state index in [0.717, 1.165) is 5.75 Å². The van der Waals surface area contributed by atoms with E-state index in [1.807, 2.05) is 12.1 Å². The van der Waals surface area contributed by atoms with Crippen molar-refractivity contribution in [3.63, 3.8) is 0 Å². The maximum absolute atomic E-state index is 8.52. The number of hydrogen-bond acceptors (Lipinski definition) is 3. The minimum absolute atomic E-state index is 0.217. The van der Waals surface area contributed by atoms with Crippen molar-refractivity contribution in [2.45, 2.75) is 58.3 Å². The first-order chi connectivity index (χ1) is 8.35. The molecular weight excluding hydrogens is 228 g/mol. The molecule has 0 unspecified atom stereocenters. The molecule has 0 heterocycles. The normalized spacial score (nSPS) is 9.35. The summed E-state index contributed by atoms with van der Waals surface area (Å²) in [5, 5.41) is 18.7. The molecule has 2 nitrogen and oxygen atoms in total. The minimum atomic E-state index is 0.217. The highest BCUT2D eigenvalue weighted by molar-refractivity contribution is 8.02. The smallest absolute Gasteiger partial charge is 0.135 e. The first-order valence-electron chi connectivity index (χ1n) is 6.47. The molecule has 0 bridgehead atoms. The molecule has 0 fully saturated rings. The average molecular weight is 250 g/mol. The monoisotopic (exact) mass is 250 g/mol. The van der Waals surface area contributed by atoms with Crippen molar-refractivity contribution in [2.75, 3.05) is 5.75 Å². The van der Waals surface area contributed by atoms with E-state index in [1.54, 1.807) is 17.2 Å². The molecule has 17 heavy (non-hydrogen) atoms. The van der Waals surface area contributed by atoms with Gasteiger partial charge in [0.25, 0.3) is 0 Å². The SMILES string of the molecule is CCCCCCCCCCSC=C(C#N)C#N. The van der Waals surface area contributed by atoms with Gasteiger partial charge in [-0.2, -0.15) is 10.5 Å². The van der Waals surface area contributed by atoms with Crippen molar-refractivity contribution >= 4 is 11.8 Å². The first-order valence-corrected chi connectivity index (χ1v) is 7.52. The van der Waals surface area contributed by atoms with Crippen LogP contribution in [0, 0.1) is 22.7 Å². The van der Waals surface area contributed by atoms with Crippen molar-refractivity contribution in [1.29, 1.82) is 10.5 Å². The Labute approximate surface area is 110 Å². The Hall–Kier alpha value is -0.930. The summed E-state index contributed by atoms with van der Waals surface area (Å²) >= 11 is 1.58. The third kappa shape index (κ3) is 11.3. The summed E-state index contributed by atoms with van der Waals surface area (Å²) in [5.41, 5.74) is 0.217. The minimum Gasteiger partial charge on any atom is -0.192 e. The topological polar surface area (TPSA) is 47.6 Å². The van der Waals surface area contributed by atoms with Gasteiger partial charge in [0.1, 0.15) is 17.7 Å². The summed E-state index contributed by atoms with van der Waals surface area (Å²) in [6.07, 6.45) is 10.5. The van der Waals surface area contributed by atoms with Crippen LogP contribution in [0.15, 0.2) is 11.0 Å². The Balaban J connectivity index is 3.23. The molecule has 0 aliphatic heterocycles. The van der Waals surface area contributed by atoms with Crippen LogP contribution in [0.4, 0.5) is 0 Å². The van der Waals surface area contributed by atoms with E-state index in [2.05, 4.69) is 6.92 Å². The van der Waals surface area contributed by atoms with E-state index in [4.69, 9.17) is 10.5 Å². The van der Waals surface area contributed by atoms with E-state index in [1.165, 1.54) is 51.4 Å². The molecule has 0 aliphatic carbocycles. The lowest BCUT2D eigenvalue weighted by Crippen LogP contribution is -1.82. The highest BCUT2D eigenvalue weighted by Crippen LogP contribution is 2.12. The van der Waals surface area contributed by atoms with Crippen LogP contribution in [0.2, 0.25) is 0 Å². The fourth-order valence-electron chi connectivity index (χ4n) is 1.54. The zero-order valence-electron chi connectivity index (χ0n) is 10.7. The predicted molar refractivity (Wildman–Crippen MR) is 74.4 cm³/mol. The van der Waals surface area contributed by atoms with Crippen LogP contribution >= 0.6 is 11.8 Å². The zero-order valence-corrected chi connectivity index (χ0v) is 11.6. The second kappa shape index (κ2) is 13.1. The van der Waals surface area contributed by atoms with E-state index in [0.29, 0.717) is 0 Å². The molecule has 0 aromatic heterocycles. The zero-order chi connectivity index (χ0) is 12.8. The molecule has 0 atom stereocenters. The molecule has 0 aromatic rings. The van der Waals surface area contributed by atoms with Crippen molar-refractivity contribution in [3.05, 3.63) is 11.0 Å². The molecule has 0 N–H and O–H groups in total. The summed E-state index contributed by atoms with van der Waals surface area (Å²) in [5.74, 6) is 1.02. The third-order valence-corrected chi connectivity index (χ3v) is 3.48. The highest BCUT2D eigenvalue weighted by Gasteiger charge is 1.93. The Morgan fingerprint density at radius 3 is 2.00 bits per heavy atom. The van der Waals surface area contributed by atoms with Gasteiger partial charge in [-0.25, -0.2) is 0 Å². The lowest BCUT2D eigenvalue weighted by atomic mass is 10.1. The number of rotatable bonds is 10. The Bertz CT molecular complexity index is 268. The number of hydrogen-bond donors (Lipinski definition) is 0. The van der Waals surface area contributed by atoms with Gasteiger partial charge in [-0.05, 0) is 17.6 Å². The molecule has 0 saturated carbocycles. The molecular formula is C14H22N2S. The van der Waals surface area contributed by atoms with Gasteiger partial charge >= 0.3 is 0 Å². The summed E-state index contributed by atoms with van der Waals surface area (Å²) < 4.78 is 0. The molecule has 0 rings (SSSR count). The molecule has 0 radical (unpaired) electrons. The Morgan fingerprint density at radius 1 is 0.941 bits per heavy atom. The van der Waals surface area contributed by atoms with Gasteiger partial charge in [0.2, 0.25) is 0 Å². The van der Waals surface area contributed by atoms with Gasteiger partial charge in [-0.3, -0.25) is 0 Å². The molecule has 0 aliphatic rings. The van der Waals surface area contributed by atoms with Gasteiger partial charge in [-0.1, -0.05) is 51.9 Å². The van der Waals surface area contributed by atoms with E-state index < -0.39 is 0 Å². The van der Waals surface area contributed by atoms with Crippen LogP contribution in [0.5, 0.6) is 0 Å². The van der Waals surface area contributed by atoms with Crippen molar-refractivity contribution < 1.29 is 0 Å². The van der Waals surface area contributed by atoms with E-state index >= 15 is 0 Å². The summed E-state index contributed by atoms with van der Waals surface area (Å²) in [4.78, 5) is 0. The lowest BCUT2D eigenvalue weighted by Gasteiger charge is -2.00. The Kier molecular flexibility index (Phi) is 12.4. The average Bonchev–Trinajstić information content (AvgIpc) is 2.36. The Morgan fingerprint density at radius 2 is 1.47 bits per heavy atom. The van der Waals surface area contributed by atoms with Crippen LogP contribution in [-0.4, -0.2) is 5.75 Å². The summed E-state index contributed by atoms with van der Waals surface area (Å²) in [7, 11) is 0. The number of thioether (sulfide) groups is 1. The van der Waals surface area contributed by atoms with E-state index in [9.17, 15) is 0 Å². The second-order valence-corrected chi connectivity index (χ2v) is 5.08. The van der Waals surface area contributed by atoms with Gasteiger partial charge in [0, 0.05) is 0 Å². The quantitative estimate of drug-likeness (QED) is 0.413. The first kappa shape index (κ1) is 16.1. The fourth-order valence-corrected chi connectivity index (χ4v) is 2.30. The van der Waals surface area contributed by atoms with Crippen LogP contribution in [-0.2, 0) is 0 Å². The lowest BCUT2D eigenvalue weighted by molar-refractivity contribution is 0.586. The van der Waals surface area contributed by atoms with Gasteiger partial charge in [0.15, 0.2) is 0 Å². The van der Waals surface area contributed by atoms with Crippen LogP contribution in [0.25, 0.3) is 0 Å². The summed E-state index contributed by atoms with van der Waals surface area (Å²) in [6, 6.07) is 3.72. The maximum atomic E-state index is 8.52. The van der Waals surface area contributed by atoms with Crippen LogP contribution in [0.3, 0.4) is 0 Å². The largest absolute Gasteiger partial charge is 0.192 e. The predicted octanol–water partition coefficient (Wildman–Crippen LogP) is 4.79. The standard InChI is InChI=1S/C14H22N2S/c1-2-3-4-5-6-7-8-9-10-17-13-14(11-15)12-16/h13H,2-10H2,1H3. The van der Waals surface area contributed by atoms with Gasteiger partial charge < -0.3 is 0 Å². The fraction of sp³-hybridized carbons (Fsp3) is 0.714. The second-order valence-electron chi connectivity index (χ2n) is 4.10. The van der Waals surface area contributed by atoms with Crippen molar-refractivity contribution in [1.82, 2.24) is 0 Å². The molecule has 94 valence electrons. The number of nitriles is 2. The highest BCUT2D eigenvalue weighted by atomic mass is 32.2. The molecule has 3 heteroatoms. The summed E-state index contributed by atoms with van der Waals surface area (Å²) in [6.45, 7) is 2.24. The van der Waals surface area contributed by atoms with Crippen LogP contribution in [0.1, 0.15) is 58.3 Å². The van der Waals surface area contributed by atoms with Gasteiger partial charge in [0.05, 0.1) is 0 Å². The number of unbranched alkanes of at least 4 members (excludes halogenated alkanes) is 7. The molecule has 0 aromatic carbocycles. The van der Waals surface area contributed by atoms with Crippen LogP contribution < -0.4 is 0 Å². The van der Waals surface area contributed by atoms with Crippen molar-refractivity contribution in [3.8, 4) is 12.1 Å². The van der Waals surface area contributed by atoms with Gasteiger partial charge in [-0.15, -0.1) is 11.8 Å². The molecule has 0 amide bonds. The number of allylic oxidation sites excluding steroid dienone is 1. The molecule has 0 spiro atoms.